The molecule has 11 heteroatoms. The Hall–Kier alpha value is -3.96. The number of aliphatic hydroxyl groups is 2. The summed E-state index contributed by atoms with van der Waals surface area (Å²) >= 11 is 0. The molecule has 4 heterocycles. The highest BCUT2D eigenvalue weighted by Crippen LogP contribution is 2.46. The molecule has 6 rings (SSSR count). The van der Waals surface area contributed by atoms with Gasteiger partial charge in [0.2, 0.25) is 0 Å². The van der Waals surface area contributed by atoms with Crippen LogP contribution in [-0.4, -0.2) is 61.1 Å². The van der Waals surface area contributed by atoms with Crippen molar-refractivity contribution in [3.8, 4) is 11.5 Å². The third kappa shape index (κ3) is 3.51. The van der Waals surface area contributed by atoms with Gasteiger partial charge in [-0.3, -0.25) is 4.79 Å². The van der Waals surface area contributed by atoms with Gasteiger partial charge in [0.25, 0.3) is 5.91 Å². The summed E-state index contributed by atoms with van der Waals surface area (Å²) < 4.78 is 13.3. The van der Waals surface area contributed by atoms with Crippen molar-refractivity contribution >= 4 is 39.5 Å². The first-order valence-corrected chi connectivity index (χ1v) is 11.3. The van der Waals surface area contributed by atoms with Crippen LogP contribution in [0, 0.1) is 5.41 Å². The summed E-state index contributed by atoms with van der Waals surface area (Å²) in [4.78, 5) is 24.4. The number of hydrogen-bond acceptors (Lipinski definition) is 9. The number of hydrogen-bond donors (Lipinski definition) is 4. The summed E-state index contributed by atoms with van der Waals surface area (Å²) in [7, 11) is 0. The number of rotatable bonds is 4. The maximum atomic E-state index is 11.6. The smallest absolute Gasteiger partial charge is 0.263 e. The number of aromatic nitrogens is 4. The predicted molar refractivity (Wildman–Crippen MR) is 127 cm³/mol. The van der Waals surface area contributed by atoms with Gasteiger partial charge in [-0.15, -0.1) is 0 Å². The van der Waals surface area contributed by atoms with Crippen LogP contribution in [0.25, 0.3) is 21.9 Å². The van der Waals surface area contributed by atoms with E-state index in [1.54, 1.807) is 12.3 Å². The van der Waals surface area contributed by atoms with Gasteiger partial charge in [0.05, 0.1) is 29.7 Å². The number of benzene rings is 1. The Morgan fingerprint density at radius 2 is 2.14 bits per heavy atom. The molecular weight excluding hydrogens is 452 g/mol. The van der Waals surface area contributed by atoms with Gasteiger partial charge in [0.15, 0.2) is 18.2 Å². The summed E-state index contributed by atoms with van der Waals surface area (Å²) in [5.74, 6) is 1.57. The fourth-order valence-electron chi connectivity index (χ4n) is 4.98. The number of pyridine rings is 1. The number of ether oxygens (including phenoxy) is 2. The Balaban J connectivity index is 1.23. The highest BCUT2D eigenvalue weighted by Gasteiger charge is 2.51. The van der Waals surface area contributed by atoms with Gasteiger partial charge in [-0.2, -0.15) is 0 Å². The molecule has 4 aromatic rings. The number of amides is 1. The van der Waals surface area contributed by atoms with Gasteiger partial charge in [0.1, 0.15) is 29.6 Å². The molecule has 35 heavy (non-hydrogen) atoms. The topological polar surface area (TPSA) is 158 Å². The van der Waals surface area contributed by atoms with Crippen molar-refractivity contribution in [1.29, 1.82) is 0 Å². The van der Waals surface area contributed by atoms with E-state index in [0.717, 1.165) is 5.39 Å². The van der Waals surface area contributed by atoms with E-state index >= 15 is 0 Å². The van der Waals surface area contributed by atoms with Gasteiger partial charge in [-0.05, 0) is 30.7 Å². The molecule has 1 amide bonds. The summed E-state index contributed by atoms with van der Waals surface area (Å²) in [6.07, 6.45) is 1.63. The third-order valence-electron chi connectivity index (χ3n) is 6.94. The van der Waals surface area contributed by atoms with Crippen LogP contribution in [0.4, 0.5) is 11.6 Å². The largest absolute Gasteiger partial charge is 0.493 e. The lowest BCUT2D eigenvalue weighted by Gasteiger charge is -2.28. The van der Waals surface area contributed by atoms with Gasteiger partial charge < -0.3 is 35.3 Å². The van der Waals surface area contributed by atoms with Crippen molar-refractivity contribution in [2.75, 3.05) is 24.3 Å². The Morgan fingerprint density at radius 1 is 1.29 bits per heavy atom. The summed E-state index contributed by atoms with van der Waals surface area (Å²) in [5, 5.41) is 26.1. The molecule has 3 aromatic heterocycles. The molecule has 0 bridgehead atoms. The molecule has 180 valence electrons. The van der Waals surface area contributed by atoms with E-state index < -0.39 is 23.7 Å². The first kappa shape index (κ1) is 21.6. The number of nitrogens with zero attached hydrogens (tertiary/aromatic N) is 4. The maximum Gasteiger partial charge on any atom is 0.263 e. The zero-order chi connectivity index (χ0) is 24.3. The number of carbonyl (C=O) groups is 1. The number of aliphatic hydroxyl groups excluding tert-OH is 2. The average Bonchev–Trinajstić information content (AvgIpc) is 3.37. The van der Waals surface area contributed by atoms with Crippen LogP contribution in [0.15, 0.2) is 42.9 Å². The highest BCUT2D eigenvalue weighted by molar-refractivity contribution is 5.96. The second kappa shape index (κ2) is 7.79. The van der Waals surface area contributed by atoms with Crippen molar-refractivity contribution in [1.82, 2.24) is 19.5 Å². The standard InChI is InChI=1S/C24H24N6O5/c1-24(8-16(19(32)20(24)33)30-5-4-14-21(25)26-11-27-23(14)30)10-35-13-3-2-12-6-17-22(28-15(12)7-13)29-18(31)9-34-17/h2-7,11,16,19-20,32-33H,8-10H2,1H3,(H2,25,26,27)(H,28,29,31)/t16-,19+,20+,24-/m1/s1. The average molecular weight is 476 g/mol. The first-order valence-electron chi connectivity index (χ1n) is 11.3. The Bertz CT molecular complexity index is 1470. The minimum absolute atomic E-state index is 0.0335. The number of anilines is 2. The predicted octanol–water partition coefficient (Wildman–Crippen LogP) is 1.64. The second-order valence-electron chi connectivity index (χ2n) is 9.40. The van der Waals surface area contributed by atoms with Crippen LogP contribution in [0.1, 0.15) is 19.4 Å². The van der Waals surface area contributed by atoms with E-state index in [9.17, 15) is 15.0 Å². The maximum absolute atomic E-state index is 11.6. The first-order chi connectivity index (χ1) is 16.8. The SMILES string of the molecule is C[C@]1(COc2ccc3cc4c(nc3c2)NC(=O)CO4)C[C@@H](n2ccc3c(N)ncnc32)[C@H](O)[C@@H]1O. The lowest BCUT2D eigenvalue weighted by atomic mass is 9.87. The van der Waals surface area contributed by atoms with E-state index in [1.165, 1.54) is 6.33 Å². The molecule has 4 atom stereocenters. The fourth-order valence-corrected chi connectivity index (χ4v) is 4.98. The van der Waals surface area contributed by atoms with Crippen molar-refractivity contribution in [2.45, 2.75) is 31.6 Å². The molecule has 0 radical (unpaired) electrons. The monoisotopic (exact) mass is 476 g/mol. The third-order valence-corrected chi connectivity index (χ3v) is 6.94. The Labute approximate surface area is 199 Å². The zero-order valence-electron chi connectivity index (χ0n) is 18.9. The highest BCUT2D eigenvalue weighted by atomic mass is 16.5. The van der Waals surface area contributed by atoms with Crippen molar-refractivity contribution in [3.63, 3.8) is 0 Å². The molecule has 0 saturated heterocycles. The molecule has 1 saturated carbocycles. The Morgan fingerprint density at radius 3 is 3.00 bits per heavy atom. The van der Waals surface area contributed by atoms with Gasteiger partial charge in [-0.1, -0.05) is 6.92 Å². The number of nitrogens with two attached hydrogens (primary N) is 1. The van der Waals surface area contributed by atoms with Crippen LogP contribution in [0.3, 0.4) is 0 Å². The van der Waals surface area contributed by atoms with E-state index in [2.05, 4.69) is 20.3 Å². The number of fused-ring (bicyclic) bond motifs is 3. The fraction of sp³-hybridized carbons (Fsp3) is 0.333. The molecule has 1 aliphatic heterocycles. The minimum atomic E-state index is -1.01. The number of nitrogens with one attached hydrogen (secondary N) is 1. The van der Waals surface area contributed by atoms with Crippen LogP contribution >= 0.6 is 0 Å². The van der Waals surface area contributed by atoms with E-state index in [0.29, 0.717) is 46.1 Å². The summed E-state index contributed by atoms with van der Waals surface area (Å²) in [5.41, 5.74) is 6.47. The number of carbonyl (C=O) groups excluding carboxylic acids is 1. The van der Waals surface area contributed by atoms with Gasteiger partial charge >= 0.3 is 0 Å². The molecule has 11 nitrogen and oxygen atoms in total. The van der Waals surface area contributed by atoms with Crippen molar-refractivity contribution < 1.29 is 24.5 Å². The molecule has 0 unspecified atom stereocenters. The van der Waals surface area contributed by atoms with E-state index in [4.69, 9.17) is 15.2 Å². The van der Waals surface area contributed by atoms with E-state index in [1.807, 2.05) is 35.8 Å². The molecule has 1 aliphatic carbocycles. The molecule has 2 aliphatic rings. The van der Waals surface area contributed by atoms with Crippen molar-refractivity contribution in [3.05, 3.63) is 42.9 Å². The van der Waals surface area contributed by atoms with Crippen LogP contribution < -0.4 is 20.5 Å². The minimum Gasteiger partial charge on any atom is -0.493 e. The zero-order valence-corrected chi connectivity index (χ0v) is 18.9. The summed E-state index contributed by atoms with van der Waals surface area (Å²) in [6.45, 7) is 2.03. The van der Waals surface area contributed by atoms with Crippen LogP contribution in [-0.2, 0) is 4.79 Å². The molecule has 1 aromatic carbocycles. The lowest BCUT2D eigenvalue weighted by molar-refractivity contribution is -0.118. The molecular formula is C24H24N6O5. The van der Waals surface area contributed by atoms with E-state index in [-0.39, 0.29) is 19.1 Å². The molecule has 0 spiro atoms. The molecule has 1 fully saturated rings. The normalized spacial score (nSPS) is 25.9. The Kier molecular flexibility index (Phi) is 4.80. The lowest BCUT2D eigenvalue weighted by Crippen LogP contribution is -2.38. The van der Waals surface area contributed by atoms with Crippen LogP contribution in [0.2, 0.25) is 0 Å². The van der Waals surface area contributed by atoms with Gasteiger partial charge in [0, 0.05) is 23.1 Å². The summed E-state index contributed by atoms with van der Waals surface area (Å²) in [6, 6.07) is 8.67. The van der Waals surface area contributed by atoms with Gasteiger partial charge in [-0.25, -0.2) is 15.0 Å². The van der Waals surface area contributed by atoms with Crippen LogP contribution in [0.5, 0.6) is 11.5 Å². The second-order valence-corrected chi connectivity index (χ2v) is 9.40. The quantitative estimate of drug-likeness (QED) is 0.344. The van der Waals surface area contributed by atoms with Crippen molar-refractivity contribution in [2.24, 2.45) is 5.41 Å². The number of nitrogen functional groups attached to an aromatic ring is 1. The molecule has 5 N–H and O–H groups in total.